The fraction of sp³-hybridized carbons (Fsp3) is 0.176. The highest BCUT2D eigenvalue weighted by Crippen LogP contribution is 2.40. The fourth-order valence-corrected chi connectivity index (χ4v) is 2.74. The van der Waals surface area contributed by atoms with E-state index < -0.39 is 0 Å². The van der Waals surface area contributed by atoms with Gasteiger partial charge in [-0.05, 0) is 18.2 Å². The first kappa shape index (κ1) is 14.1. The number of benzene rings is 2. The van der Waals surface area contributed by atoms with E-state index in [0.29, 0.717) is 22.8 Å². The van der Waals surface area contributed by atoms with E-state index in [4.69, 9.17) is 14.2 Å². The fourth-order valence-electron chi connectivity index (χ4n) is 2.74. The monoisotopic (exact) mass is 298 g/mol. The lowest BCUT2D eigenvalue weighted by Gasteiger charge is -2.22. The van der Waals surface area contributed by atoms with Crippen LogP contribution in [0.1, 0.15) is 31.8 Å². The summed E-state index contributed by atoms with van der Waals surface area (Å²) in [6.45, 7) is 0. The second-order valence-electron chi connectivity index (χ2n) is 4.76. The Morgan fingerprint density at radius 3 is 1.68 bits per heavy atom. The van der Waals surface area contributed by atoms with Crippen molar-refractivity contribution in [1.29, 1.82) is 0 Å². The SMILES string of the molecule is COc1cccc2c1C(=O)c1c(OC)ccc(OC)c1C2=O. The predicted molar refractivity (Wildman–Crippen MR) is 79.4 cm³/mol. The van der Waals surface area contributed by atoms with Crippen LogP contribution in [0.25, 0.3) is 0 Å². The van der Waals surface area contributed by atoms with Gasteiger partial charge >= 0.3 is 0 Å². The zero-order valence-electron chi connectivity index (χ0n) is 12.4. The molecule has 0 atom stereocenters. The summed E-state index contributed by atoms with van der Waals surface area (Å²) < 4.78 is 15.7. The number of hydrogen-bond acceptors (Lipinski definition) is 5. The number of carbonyl (C=O) groups excluding carboxylic acids is 2. The van der Waals surface area contributed by atoms with Gasteiger partial charge in [0.2, 0.25) is 5.78 Å². The first-order valence-electron chi connectivity index (χ1n) is 6.65. The third-order valence-electron chi connectivity index (χ3n) is 3.74. The van der Waals surface area contributed by atoms with Crippen molar-refractivity contribution in [2.45, 2.75) is 0 Å². The van der Waals surface area contributed by atoms with Crippen molar-refractivity contribution in [2.75, 3.05) is 21.3 Å². The van der Waals surface area contributed by atoms with Gasteiger partial charge in [0.15, 0.2) is 5.78 Å². The van der Waals surface area contributed by atoms with Crippen molar-refractivity contribution in [1.82, 2.24) is 0 Å². The van der Waals surface area contributed by atoms with Crippen LogP contribution in [0.5, 0.6) is 17.2 Å². The largest absolute Gasteiger partial charge is 0.496 e. The Hall–Kier alpha value is -2.82. The molecule has 5 heteroatoms. The quantitative estimate of drug-likeness (QED) is 0.743. The Morgan fingerprint density at radius 1 is 0.636 bits per heavy atom. The molecule has 0 unspecified atom stereocenters. The number of rotatable bonds is 3. The van der Waals surface area contributed by atoms with Crippen molar-refractivity contribution in [3.8, 4) is 17.2 Å². The molecule has 1 aliphatic carbocycles. The van der Waals surface area contributed by atoms with Crippen LogP contribution >= 0.6 is 0 Å². The van der Waals surface area contributed by atoms with Crippen molar-refractivity contribution < 1.29 is 23.8 Å². The van der Waals surface area contributed by atoms with E-state index in [-0.39, 0.29) is 28.3 Å². The molecule has 0 fully saturated rings. The lowest BCUT2D eigenvalue weighted by Crippen LogP contribution is -2.23. The maximum absolute atomic E-state index is 12.9. The number of hydrogen-bond donors (Lipinski definition) is 0. The van der Waals surface area contributed by atoms with Crippen LogP contribution in [0, 0.1) is 0 Å². The second kappa shape index (κ2) is 5.18. The molecule has 0 aliphatic heterocycles. The topological polar surface area (TPSA) is 61.8 Å². The molecule has 5 nitrogen and oxygen atoms in total. The van der Waals surface area contributed by atoms with Crippen LogP contribution in [0.3, 0.4) is 0 Å². The van der Waals surface area contributed by atoms with E-state index in [1.165, 1.54) is 21.3 Å². The first-order chi connectivity index (χ1) is 10.6. The minimum atomic E-state index is -0.308. The highest BCUT2D eigenvalue weighted by atomic mass is 16.5. The summed E-state index contributed by atoms with van der Waals surface area (Å²) in [7, 11) is 4.38. The van der Waals surface area contributed by atoms with Crippen molar-refractivity contribution in [3.05, 3.63) is 52.6 Å². The smallest absolute Gasteiger partial charge is 0.202 e. The third-order valence-corrected chi connectivity index (χ3v) is 3.74. The van der Waals surface area contributed by atoms with Gasteiger partial charge in [0.1, 0.15) is 17.2 Å². The maximum atomic E-state index is 12.9. The van der Waals surface area contributed by atoms with Gasteiger partial charge in [-0.25, -0.2) is 0 Å². The third kappa shape index (κ3) is 1.79. The van der Waals surface area contributed by atoms with Gasteiger partial charge < -0.3 is 14.2 Å². The average Bonchev–Trinajstić information content (AvgIpc) is 2.57. The first-order valence-corrected chi connectivity index (χ1v) is 6.65. The Kier molecular flexibility index (Phi) is 3.33. The molecule has 0 amide bonds. The Morgan fingerprint density at radius 2 is 1.14 bits per heavy atom. The zero-order chi connectivity index (χ0) is 15.9. The number of ether oxygens (including phenoxy) is 3. The summed E-state index contributed by atoms with van der Waals surface area (Å²) in [5, 5.41) is 0. The van der Waals surface area contributed by atoms with Crippen molar-refractivity contribution in [2.24, 2.45) is 0 Å². The molecule has 112 valence electrons. The Labute approximate surface area is 127 Å². The van der Waals surface area contributed by atoms with Crippen molar-refractivity contribution in [3.63, 3.8) is 0 Å². The van der Waals surface area contributed by atoms with Gasteiger partial charge in [-0.3, -0.25) is 9.59 Å². The molecule has 1 aliphatic rings. The van der Waals surface area contributed by atoms with E-state index in [9.17, 15) is 9.59 Å². The molecule has 0 radical (unpaired) electrons. The van der Waals surface area contributed by atoms with Gasteiger partial charge in [0.05, 0.1) is 38.0 Å². The van der Waals surface area contributed by atoms with Gasteiger partial charge in [0.25, 0.3) is 0 Å². The molecule has 0 saturated carbocycles. The van der Waals surface area contributed by atoms with E-state index in [1.807, 2.05) is 0 Å². The second-order valence-corrected chi connectivity index (χ2v) is 4.76. The van der Waals surface area contributed by atoms with Gasteiger partial charge in [-0.15, -0.1) is 0 Å². The Balaban J connectivity index is 2.38. The zero-order valence-corrected chi connectivity index (χ0v) is 12.4. The minimum Gasteiger partial charge on any atom is -0.496 e. The normalized spacial score (nSPS) is 12.5. The summed E-state index contributed by atoms with van der Waals surface area (Å²) >= 11 is 0. The van der Waals surface area contributed by atoms with Crippen molar-refractivity contribution >= 4 is 11.6 Å². The molecular formula is C17H14O5. The van der Waals surface area contributed by atoms with Gasteiger partial charge in [-0.1, -0.05) is 12.1 Å². The molecule has 2 aromatic rings. The average molecular weight is 298 g/mol. The number of carbonyl (C=O) groups is 2. The Bertz CT molecular complexity index is 792. The molecule has 0 saturated heterocycles. The van der Waals surface area contributed by atoms with Gasteiger partial charge in [-0.2, -0.15) is 0 Å². The number of fused-ring (bicyclic) bond motifs is 2. The number of methoxy groups -OCH3 is 3. The highest BCUT2D eigenvalue weighted by molar-refractivity contribution is 6.31. The molecule has 0 N–H and O–H groups in total. The molecule has 22 heavy (non-hydrogen) atoms. The summed E-state index contributed by atoms with van der Waals surface area (Å²) in [5.41, 5.74) is 1.01. The summed E-state index contributed by atoms with van der Waals surface area (Å²) in [6.07, 6.45) is 0. The van der Waals surface area contributed by atoms with Crippen LogP contribution in [0.2, 0.25) is 0 Å². The van der Waals surface area contributed by atoms with Crippen LogP contribution in [0.4, 0.5) is 0 Å². The predicted octanol–water partition coefficient (Wildman–Crippen LogP) is 2.49. The van der Waals surface area contributed by atoms with Crippen LogP contribution in [-0.2, 0) is 0 Å². The molecule has 0 spiro atoms. The molecule has 0 aromatic heterocycles. The summed E-state index contributed by atoms with van der Waals surface area (Å²) in [5.74, 6) is 0.469. The van der Waals surface area contributed by atoms with Crippen LogP contribution in [-0.4, -0.2) is 32.9 Å². The minimum absolute atomic E-state index is 0.212. The molecular weight excluding hydrogens is 284 g/mol. The lowest BCUT2D eigenvalue weighted by molar-refractivity contribution is 0.0971. The van der Waals surface area contributed by atoms with Crippen LogP contribution in [0.15, 0.2) is 30.3 Å². The molecule has 3 rings (SSSR count). The van der Waals surface area contributed by atoms with E-state index in [0.717, 1.165) is 0 Å². The highest BCUT2D eigenvalue weighted by Gasteiger charge is 2.36. The van der Waals surface area contributed by atoms with Gasteiger partial charge in [0, 0.05) is 5.56 Å². The lowest BCUT2D eigenvalue weighted by atomic mass is 9.82. The molecule has 0 bridgehead atoms. The molecule has 2 aromatic carbocycles. The summed E-state index contributed by atoms with van der Waals surface area (Å²) in [4.78, 5) is 25.7. The molecule has 0 heterocycles. The van der Waals surface area contributed by atoms with E-state index in [2.05, 4.69) is 0 Å². The summed E-state index contributed by atoms with van der Waals surface area (Å²) in [6, 6.07) is 8.18. The van der Waals surface area contributed by atoms with E-state index in [1.54, 1.807) is 30.3 Å². The van der Waals surface area contributed by atoms with Crippen LogP contribution < -0.4 is 14.2 Å². The maximum Gasteiger partial charge on any atom is 0.202 e. The number of ketones is 2. The van der Waals surface area contributed by atoms with E-state index >= 15 is 0 Å². The standard InChI is InChI=1S/C17H14O5/c1-20-10-6-4-5-9-13(10)17(19)15-12(22-3)8-7-11(21-2)14(15)16(9)18/h4-8H,1-3H3.